The second-order valence-corrected chi connectivity index (χ2v) is 6.32. The second kappa shape index (κ2) is 11.6. The minimum Gasteiger partial charge on any atom is -0.445 e. The average Bonchev–Trinajstić information content (AvgIpc) is 2.48. The Morgan fingerprint density at radius 3 is 2.13 bits per heavy atom. The minimum absolute atomic E-state index is 0.0596. The van der Waals surface area contributed by atoms with Crippen LogP contribution in [-0.2, 0) is 9.47 Å². The van der Waals surface area contributed by atoms with Crippen LogP contribution in [0.5, 0.6) is 0 Å². The first-order valence-electron chi connectivity index (χ1n) is 7.83. The molecule has 0 aromatic carbocycles. The third-order valence-corrected chi connectivity index (χ3v) is 3.18. The van der Waals surface area contributed by atoms with Gasteiger partial charge >= 0.3 is 12.2 Å². The molecule has 2 N–H and O–H groups in total. The number of ether oxygens (including phenoxy) is 2. The van der Waals surface area contributed by atoms with E-state index in [4.69, 9.17) is 9.47 Å². The summed E-state index contributed by atoms with van der Waals surface area (Å²) in [7, 11) is 0. The van der Waals surface area contributed by atoms with E-state index in [0.717, 1.165) is 12.8 Å². The van der Waals surface area contributed by atoms with Crippen LogP contribution in [-0.4, -0.2) is 38.5 Å². The third-order valence-electron chi connectivity index (χ3n) is 3.18. The van der Waals surface area contributed by atoms with Crippen LogP contribution < -0.4 is 10.6 Å². The van der Waals surface area contributed by atoms with Gasteiger partial charge in [0.15, 0.2) is 0 Å². The molecule has 1 unspecified atom stereocenters. The normalized spacial score (nSPS) is 12.0. The van der Waals surface area contributed by atoms with E-state index in [9.17, 15) is 9.59 Å². The fourth-order valence-electron chi connectivity index (χ4n) is 2.22. The standard InChI is InChI=1S/C17H30N2O4/c1-6-10-22-15(20)18-9-8-14(3)12-17(4,5)13-19-16(21)23-11-7-2/h6-7,14H,1-2,8-13H2,3-5H3,(H,18,20)(H,19,21). The Bertz CT molecular complexity index is 394. The Balaban J connectivity index is 3.94. The molecule has 0 saturated carbocycles. The summed E-state index contributed by atoms with van der Waals surface area (Å²) >= 11 is 0. The van der Waals surface area contributed by atoms with Crippen molar-refractivity contribution >= 4 is 12.2 Å². The maximum absolute atomic E-state index is 11.4. The van der Waals surface area contributed by atoms with E-state index in [1.54, 1.807) is 0 Å². The lowest BCUT2D eigenvalue weighted by Gasteiger charge is -2.28. The molecule has 23 heavy (non-hydrogen) atoms. The van der Waals surface area contributed by atoms with Crippen molar-refractivity contribution in [3.8, 4) is 0 Å². The summed E-state index contributed by atoms with van der Waals surface area (Å²) in [6, 6.07) is 0. The fourth-order valence-corrected chi connectivity index (χ4v) is 2.22. The summed E-state index contributed by atoms with van der Waals surface area (Å²) in [6.07, 6.45) is 3.95. The molecule has 0 saturated heterocycles. The Hall–Kier alpha value is -1.98. The average molecular weight is 326 g/mol. The molecule has 0 spiro atoms. The van der Waals surface area contributed by atoms with Gasteiger partial charge in [0, 0.05) is 13.1 Å². The molecule has 6 heteroatoms. The highest BCUT2D eigenvalue weighted by Crippen LogP contribution is 2.26. The summed E-state index contributed by atoms with van der Waals surface area (Å²) in [6.45, 7) is 14.8. The number of amides is 2. The van der Waals surface area contributed by atoms with Crippen molar-refractivity contribution in [2.45, 2.75) is 33.6 Å². The maximum Gasteiger partial charge on any atom is 0.407 e. The van der Waals surface area contributed by atoms with Crippen LogP contribution in [0, 0.1) is 11.3 Å². The van der Waals surface area contributed by atoms with E-state index in [1.807, 2.05) is 0 Å². The first-order valence-corrected chi connectivity index (χ1v) is 7.83. The largest absolute Gasteiger partial charge is 0.445 e. The first kappa shape index (κ1) is 21.0. The molecule has 6 nitrogen and oxygen atoms in total. The molecule has 0 aliphatic carbocycles. The number of rotatable bonds is 11. The highest BCUT2D eigenvalue weighted by molar-refractivity contribution is 5.67. The zero-order chi connectivity index (χ0) is 17.7. The van der Waals surface area contributed by atoms with Crippen molar-refractivity contribution in [3.05, 3.63) is 25.3 Å². The van der Waals surface area contributed by atoms with E-state index in [1.165, 1.54) is 12.2 Å². The van der Waals surface area contributed by atoms with E-state index < -0.39 is 12.2 Å². The van der Waals surface area contributed by atoms with Crippen molar-refractivity contribution in [2.75, 3.05) is 26.3 Å². The smallest absolute Gasteiger partial charge is 0.407 e. The van der Waals surface area contributed by atoms with Crippen molar-refractivity contribution in [1.29, 1.82) is 0 Å². The zero-order valence-electron chi connectivity index (χ0n) is 14.5. The van der Waals surface area contributed by atoms with Crippen LogP contribution in [0.1, 0.15) is 33.6 Å². The highest BCUT2D eigenvalue weighted by Gasteiger charge is 2.22. The molecule has 0 rings (SSSR count). The van der Waals surface area contributed by atoms with Crippen LogP contribution in [0.2, 0.25) is 0 Å². The van der Waals surface area contributed by atoms with Gasteiger partial charge in [0.05, 0.1) is 0 Å². The zero-order valence-corrected chi connectivity index (χ0v) is 14.5. The fraction of sp³-hybridized carbons (Fsp3) is 0.647. The predicted octanol–water partition coefficient (Wildman–Crippen LogP) is 3.25. The van der Waals surface area contributed by atoms with Crippen LogP contribution in [0.25, 0.3) is 0 Å². The molecule has 0 aromatic heterocycles. The highest BCUT2D eigenvalue weighted by atomic mass is 16.6. The summed E-state index contributed by atoms with van der Waals surface area (Å²) in [5, 5.41) is 5.45. The molecule has 0 aromatic rings. The van der Waals surface area contributed by atoms with Gasteiger partial charge < -0.3 is 20.1 Å². The van der Waals surface area contributed by atoms with Gasteiger partial charge in [-0.3, -0.25) is 0 Å². The molecular formula is C17H30N2O4. The van der Waals surface area contributed by atoms with E-state index in [0.29, 0.717) is 19.0 Å². The van der Waals surface area contributed by atoms with Gasteiger partial charge in [-0.2, -0.15) is 0 Å². The van der Waals surface area contributed by atoms with Gasteiger partial charge in [-0.05, 0) is 24.2 Å². The molecule has 132 valence electrons. The third kappa shape index (κ3) is 12.3. The molecule has 0 fully saturated rings. The number of hydrogen-bond acceptors (Lipinski definition) is 4. The number of alkyl carbamates (subject to hydrolysis) is 2. The van der Waals surface area contributed by atoms with Gasteiger partial charge in [0.2, 0.25) is 0 Å². The second-order valence-electron chi connectivity index (χ2n) is 6.32. The monoisotopic (exact) mass is 326 g/mol. The van der Waals surface area contributed by atoms with Crippen molar-refractivity contribution in [1.82, 2.24) is 10.6 Å². The van der Waals surface area contributed by atoms with Crippen LogP contribution >= 0.6 is 0 Å². The van der Waals surface area contributed by atoms with Crippen LogP contribution in [0.4, 0.5) is 9.59 Å². The van der Waals surface area contributed by atoms with Crippen LogP contribution in [0.3, 0.4) is 0 Å². The topological polar surface area (TPSA) is 76.7 Å². The first-order chi connectivity index (χ1) is 10.8. The molecule has 2 amide bonds. The summed E-state index contributed by atoms with van der Waals surface area (Å²) in [4.78, 5) is 22.7. The Morgan fingerprint density at radius 2 is 1.61 bits per heavy atom. The van der Waals surface area contributed by atoms with Crippen molar-refractivity contribution in [3.63, 3.8) is 0 Å². The van der Waals surface area contributed by atoms with Gasteiger partial charge in [-0.15, -0.1) is 0 Å². The molecule has 0 aliphatic heterocycles. The number of hydrogen-bond donors (Lipinski definition) is 2. The van der Waals surface area contributed by atoms with Gasteiger partial charge in [-0.1, -0.05) is 46.1 Å². The molecule has 0 radical (unpaired) electrons. The SMILES string of the molecule is C=CCOC(=O)NCCC(C)CC(C)(C)CNC(=O)OCC=C. The van der Waals surface area contributed by atoms with E-state index in [-0.39, 0.29) is 18.6 Å². The van der Waals surface area contributed by atoms with E-state index in [2.05, 4.69) is 44.6 Å². The lowest BCUT2D eigenvalue weighted by Crippen LogP contribution is -2.35. The molecule has 0 heterocycles. The predicted molar refractivity (Wildman–Crippen MR) is 91.3 cm³/mol. The molecule has 0 bridgehead atoms. The Labute approximate surface area is 139 Å². The summed E-state index contributed by atoms with van der Waals surface area (Å²) in [5.41, 5.74) is -0.0596. The van der Waals surface area contributed by atoms with Crippen LogP contribution in [0.15, 0.2) is 25.3 Å². The Kier molecular flexibility index (Phi) is 10.6. The molecule has 1 atom stereocenters. The van der Waals surface area contributed by atoms with Gasteiger partial charge in [0.25, 0.3) is 0 Å². The number of carbonyl (C=O) groups excluding carboxylic acids is 2. The summed E-state index contributed by atoms with van der Waals surface area (Å²) < 4.78 is 9.71. The lowest BCUT2D eigenvalue weighted by molar-refractivity contribution is 0.149. The van der Waals surface area contributed by atoms with Gasteiger partial charge in [0.1, 0.15) is 13.2 Å². The van der Waals surface area contributed by atoms with E-state index >= 15 is 0 Å². The quantitative estimate of drug-likeness (QED) is 0.571. The minimum atomic E-state index is -0.433. The molecular weight excluding hydrogens is 296 g/mol. The lowest BCUT2D eigenvalue weighted by atomic mass is 9.82. The maximum atomic E-state index is 11.4. The van der Waals surface area contributed by atoms with Crippen molar-refractivity contribution < 1.29 is 19.1 Å². The Morgan fingerprint density at radius 1 is 1.09 bits per heavy atom. The van der Waals surface area contributed by atoms with Crippen molar-refractivity contribution in [2.24, 2.45) is 11.3 Å². The molecule has 0 aliphatic rings. The van der Waals surface area contributed by atoms with Gasteiger partial charge in [-0.25, -0.2) is 9.59 Å². The number of nitrogens with one attached hydrogen (secondary N) is 2. The number of carbonyl (C=O) groups is 2. The summed E-state index contributed by atoms with van der Waals surface area (Å²) in [5.74, 6) is 0.399.